The zero-order valence-electron chi connectivity index (χ0n) is 15.0. The van der Waals surface area contributed by atoms with Crippen LogP contribution < -0.4 is 5.84 Å². The summed E-state index contributed by atoms with van der Waals surface area (Å²) in [7, 11) is 0. The maximum atomic E-state index is 5.99. The Kier molecular flexibility index (Phi) is 3.98. The lowest BCUT2D eigenvalue weighted by Gasteiger charge is -1.98. The minimum absolute atomic E-state index is 0.408. The quantitative estimate of drug-likeness (QED) is 0.450. The molecule has 10 heteroatoms. The van der Waals surface area contributed by atoms with E-state index in [-0.39, 0.29) is 0 Å². The van der Waals surface area contributed by atoms with Gasteiger partial charge in [-0.25, -0.2) is 9.97 Å². The Morgan fingerprint density at radius 3 is 2.21 bits per heavy atom. The van der Waals surface area contributed by atoms with Crippen LogP contribution in [0.15, 0.2) is 67.4 Å². The first kappa shape index (κ1) is 16.7. The number of H-pyrrole nitrogens is 1. The van der Waals surface area contributed by atoms with Gasteiger partial charge < -0.3 is 5.84 Å². The first-order valence-electron chi connectivity index (χ1n) is 8.70. The molecule has 5 heterocycles. The number of nitrogens with one attached hydrogen (secondary N) is 1. The summed E-state index contributed by atoms with van der Waals surface area (Å²) >= 11 is 0. The lowest BCUT2D eigenvalue weighted by atomic mass is 10.2. The van der Waals surface area contributed by atoms with Crippen LogP contribution in [0.5, 0.6) is 0 Å². The Labute approximate surface area is 164 Å². The molecule has 140 valence electrons. The van der Waals surface area contributed by atoms with Crippen molar-refractivity contribution in [3.8, 4) is 45.7 Å². The highest BCUT2D eigenvalue weighted by molar-refractivity contribution is 5.66. The first-order chi connectivity index (χ1) is 14.3. The fourth-order valence-electron chi connectivity index (χ4n) is 2.85. The minimum Gasteiger partial charge on any atom is -0.321 e. The fraction of sp³-hybridized carbons (Fsp3) is 0. The van der Waals surface area contributed by atoms with Gasteiger partial charge in [0, 0.05) is 47.7 Å². The van der Waals surface area contributed by atoms with Gasteiger partial charge in [0.25, 0.3) is 0 Å². The highest BCUT2D eigenvalue weighted by Gasteiger charge is 2.15. The van der Waals surface area contributed by atoms with Gasteiger partial charge >= 0.3 is 0 Å². The van der Waals surface area contributed by atoms with Gasteiger partial charge in [-0.05, 0) is 36.4 Å². The van der Waals surface area contributed by atoms with Crippen molar-refractivity contribution in [3.05, 3.63) is 67.4 Å². The van der Waals surface area contributed by atoms with E-state index in [0.717, 1.165) is 16.7 Å². The van der Waals surface area contributed by atoms with E-state index in [4.69, 9.17) is 5.84 Å². The molecule has 0 aliphatic heterocycles. The predicted molar refractivity (Wildman–Crippen MR) is 105 cm³/mol. The second-order valence-electron chi connectivity index (χ2n) is 6.11. The summed E-state index contributed by atoms with van der Waals surface area (Å²) in [4.78, 5) is 22.7. The molecule has 5 aromatic heterocycles. The molecule has 0 unspecified atom stereocenters. The third kappa shape index (κ3) is 3.18. The summed E-state index contributed by atoms with van der Waals surface area (Å²) in [6, 6.07) is 11.0. The third-order valence-corrected chi connectivity index (χ3v) is 4.26. The molecule has 5 rings (SSSR count). The molecule has 0 saturated carbocycles. The Bertz CT molecular complexity index is 1260. The molecule has 0 aromatic carbocycles. The van der Waals surface area contributed by atoms with Crippen LogP contribution in [0.1, 0.15) is 0 Å². The van der Waals surface area contributed by atoms with Gasteiger partial charge in [0.2, 0.25) is 5.82 Å². The van der Waals surface area contributed by atoms with Crippen LogP contribution in [0.4, 0.5) is 0 Å². The monoisotopic (exact) mass is 382 g/mol. The average Bonchev–Trinajstić information content (AvgIpc) is 3.42. The largest absolute Gasteiger partial charge is 0.321 e. The second-order valence-corrected chi connectivity index (χ2v) is 6.11. The van der Waals surface area contributed by atoms with Crippen molar-refractivity contribution >= 4 is 0 Å². The highest BCUT2D eigenvalue weighted by atomic mass is 15.5. The van der Waals surface area contributed by atoms with Crippen LogP contribution >= 0.6 is 0 Å². The third-order valence-electron chi connectivity index (χ3n) is 4.26. The molecule has 29 heavy (non-hydrogen) atoms. The van der Waals surface area contributed by atoms with E-state index in [2.05, 4.69) is 40.2 Å². The number of nitrogens with two attached hydrogens (primary N) is 1. The molecule has 0 radical (unpaired) electrons. The van der Waals surface area contributed by atoms with Gasteiger partial charge in [0.15, 0.2) is 17.5 Å². The zero-order valence-corrected chi connectivity index (χ0v) is 15.0. The molecule has 3 N–H and O–H groups in total. The number of rotatable bonds is 4. The summed E-state index contributed by atoms with van der Waals surface area (Å²) in [6.07, 6.45) is 8.42. The second kappa shape index (κ2) is 6.93. The summed E-state index contributed by atoms with van der Waals surface area (Å²) in [6.45, 7) is 0. The molecule has 0 amide bonds. The predicted octanol–water partition coefficient (Wildman–Crippen LogP) is 1.96. The van der Waals surface area contributed by atoms with Crippen molar-refractivity contribution in [2.45, 2.75) is 0 Å². The van der Waals surface area contributed by atoms with E-state index < -0.39 is 0 Å². The number of hydrogen-bond acceptors (Lipinski definition) is 8. The van der Waals surface area contributed by atoms with E-state index in [1.807, 2.05) is 36.4 Å². The van der Waals surface area contributed by atoms with E-state index in [1.54, 1.807) is 31.0 Å². The van der Waals surface area contributed by atoms with Crippen molar-refractivity contribution in [1.29, 1.82) is 0 Å². The van der Waals surface area contributed by atoms with Crippen molar-refractivity contribution in [1.82, 2.24) is 45.0 Å². The van der Waals surface area contributed by atoms with Gasteiger partial charge in [-0.2, -0.15) is 9.89 Å². The van der Waals surface area contributed by atoms with Gasteiger partial charge in [-0.15, -0.1) is 5.10 Å². The molecule has 0 bridgehead atoms. The molecule has 0 fully saturated rings. The first-order valence-corrected chi connectivity index (χ1v) is 8.70. The van der Waals surface area contributed by atoms with E-state index >= 15 is 0 Å². The van der Waals surface area contributed by atoms with E-state index in [1.165, 1.54) is 4.79 Å². The summed E-state index contributed by atoms with van der Waals surface area (Å²) in [5.41, 5.74) is 3.06. The minimum atomic E-state index is 0.408. The van der Waals surface area contributed by atoms with Crippen LogP contribution in [-0.2, 0) is 0 Å². The van der Waals surface area contributed by atoms with Crippen molar-refractivity contribution in [2.75, 3.05) is 5.84 Å². The molecular formula is C19H14N10. The number of aromatic nitrogens is 9. The Morgan fingerprint density at radius 2 is 1.45 bits per heavy atom. The Hall–Kier alpha value is -4.47. The zero-order chi connectivity index (χ0) is 19.6. The van der Waals surface area contributed by atoms with Crippen molar-refractivity contribution in [3.63, 3.8) is 0 Å². The Balaban J connectivity index is 1.49. The summed E-state index contributed by atoms with van der Waals surface area (Å²) in [5.74, 6) is 8.12. The van der Waals surface area contributed by atoms with Crippen LogP contribution in [0.25, 0.3) is 45.7 Å². The molecule has 0 atom stereocenters. The van der Waals surface area contributed by atoms with Gasteiger partial charge in [-0.3, -0.25) is 20.1 Å². The molecule has 0 saturated heterocycles. The van der Waals surface area contributed by atoms with Crippen LogP contribution in [0, 0.1) is 0 Å². The number of nitrogen functional groups attached to an aromatic ring is 1. The maximum Gasteiger partial charge on any atom is 0.202 e. The van der Waals surface area contributed by atoms with Crippen LogP contribution in [0.2, 0.25) is 0 Å². The topological polar surface area (TPSA) is 137 Å². The number of nitrogens with zero attached hydrogens (tertiary/aromatic N) is 8. The van der Waals surface area contributed by atoms with Gasteiger partial charge in [0.05, 0.1) is 0 Å². The smallest absolute Gasteiger partial charge is 0.202 e. The molecule has 0 aliphatic carbocycles. The summed E-state index contributed by atoms with van der Waals surface area (Å²) in [5, 5.41) is 11.5. The van der Waals surface area contributed by atoms with Gasteiger partial charge in [0.1, 0.15) is 5.69 Å². The molecule has 0 spiro atoms. The lowest BCUT2D eigenvalue weighted by molar-refractivity contribution is 0.840. The highest BCUT2D eigenvalue weighted by Crippen LogP contribution is 2.24. The maximum absolute atomic E-state index is 5.99. The number of pyridine rings is 3. The number of hydrogen-bond donors (Lipinski definition) is 2. The van der Waals surface area contributed by atoms with Crippen molar-refractivity contribution < 1.29 is 0 Å². The molecule has 10 nitrogen and oxygen atoms in total. The van der Waals surface area contributed by atoms with Crippen LogP contribution in [0.3, 0.4) is 0 Å². The lowest BCUT2D eigenvalue weighted by Crippen LogP contribution is -2.11. The summed E-state index contributed by atoms with van der Waals surface area (Å²) < 4.78 is 0. The normalized spacial score (nSPS) is 10.9. The SMILES string of the molecule is Nn1nc(-c2cc(-c3n[nH]c(-c4ccncc4)n3)ccn2)nc1-c1ccncc1. The molecule has 5 aromatic rings. The average molecular weight is 382 g/mol. The van der Waals surface area contributed by atoms with E-state index in [9.17, 15) is 0 Å². The fourth-order valence-corrected chi connectivity index (χ4v) is 2.85. The molecular weight excluding hydrogens is 368 g/mol. The van der Waals surface area contributed by atoms with Crippen LogP contribution in [-0.4, -0.2) is 45.0 Å². The van der Waals surface area contributed by atoms with Gasteiger partial charge in [-0.1, -0.05) is 0 Å². The standard InChI is InChI=1S/C19H14N10/c20-29-19(13-3-8-22-9-4-13)25-18(28-29)15-11-14(5-10-23-15)17-24-16(26-27-17)12-1-6-21-7-2-12/h1-11H,20H2,(H,24,26,27). The number of aromatic amines is 1. The van der Waals surface area contributed by atoms with Crippen molar-refractivity contribution in [2.24, 2.45) is 0 Å². The molecule has 0 aliphatic rings. The van der Waals surface area contributed by atoms with E-state index in [0.29, 0.717) is 29.0 Å². The Morgan fingerprint density at radius 1 is 0.759 bits per heavy atom.